The second-order valence-electron chi connectivity index (χ2n) is 2.25. The Hall–Kier alpha value is -1.58. The normalized spacial score (nSPS) is 21.5. The number of fused-ring (bicyclic) bond motifs is 1. The summed E-state index contributed by atoms with van der Waals surface area (Å²) in [5.74, 6) is -0.572. The molecule has 2 aliphatic rings. The molecule has 1 amide bonds. The topological polar surface area (TPSA) is 58.9 Å². The highest BCUT2D eigenvalue weighted by atomic mass is 16.2. The van der Waals surface area contributed by atoms with Crippen molar-refractivity contribution in [2.24, 2.45) is 9.98 Å². The fourth-order valence-electron chi connectivity index (χ4n) is 0.992. The van der Waals surface area contributed by atoms with Crippen molar-refractivity contribution in [1.29, 1.82) is 0 Å². The minimum atomic E-state index is -0.346. The van der Waals surface area contributed by atoms with Gasteiger partial charge < -0.3 is 0 Å². The number of rotatable bonds is 0. The maximum Gasteiger partial charge on any atom is 0.268 e. The van der Waals surface area contributed by atoms with Gasteiger partial charge in [-0.05, 0) is 12.2 Å². The Morgan fingerprint density at radius 2 is 2.09 bits per heavy atom. The summed E-state index contributed by atoms with van der Waals surface area (Å²) in [5.41, 5.74) is 0.732. The first-order valence-corrected chi connectivity index (χ1v) is 3.16. The molecule has 0 aromatic carbocycles. The molecule has 0 aromatic heterocycles. The van der Waals surface area contributed by atoms with Crippen LogP contribution >= 0.6 is 0 Å². The molecule has 54 valence electrons. The van der Waals surface area contributed by atoms with Gasteiger partial charge in [-0.25, -0.2) is 4.99 Å². The Kier molecular flexibility index (Phi) is 1.09. The molecule has 0 aromatic rings. The van der Waals surface area contributed by atoms with Crippen molar-refractivity contribution in [2.45, 2.75) is 0 Å². The molecular formula is C7H4N2O2. The number of aliphatic imine (C=N–C) groups is 2. The van der Waals surface area contributed by atoms with Gasteiger partial charge in [-0.3, -0.25) is 14.6 Å². The summed E-state index contributed by atoms with van der Waals surface area (Å²) in [6, 6.07) is 0. The summed E-state index contributed by atoms with van der Waals surface area (Å²) in [6.45, 7) is 0.0659. The maximum absolute atomic E-state index is 10.9. The predicted octanol–water partition coefficient (Wildman–Crippen LogP) is -0.452. The van der Waals surface area contributed by atoms with Gasteiger partial charge in [-0.2, -0.15) is 0 Å². The summed E-state index contributed by atoms with van der Waals surface area (Å²) in [6.07, 6.45) is 2.95. The lowest BCUT2D eigenvalue weighted by molar-refractivity contribution is -0.117. The van der Waals surface area contributed by atoms with Crippen LogP contribution in [0.4, 0.5) is 0 Å². The number of allylic oxidation sites excluding steroid dienone is 2. The summed E-state index contributed by atoms with van der Waals surface area (Å²) in [4.78, 5) is 29.0. The molecule has 1 aliphatic heterocycles. The van der Waals surface area contributed by atoms with E-state index in [9.17, 15) is 9.59 Å². The minimum absolute atomic E-state index is 0.0659. The van der Waals surface area contributed by atoms with E-state index in [-0.39, 0.29) is 23.9 Å². The van der Waals surface area contributed by atoms with Crippen LogP contribution in [0.5, 0.6) is 0 Å². The second-order valence-corrected chi connectivity index (χ2v) is 2.25. The lowest BCUT2D eigenvalue weighted by atomic mass is 10.2. The van der Waals surface area contributed by atoms with Gasteiger partial charge in [0, 0.05) is 0 Å². The number of nitrogens with zero attached hydrogens (tertiary/aromatic N) is 2. The van der Waals surface area contributed by atoms with E-state index in [1.807, 2.05) is 0 Å². The molecule has 4 heteroatoms. The molecule has 0 saturated heterocycles. The number of carbonyl (C=O) groups is 2. The molecule has 1 aliphatic carbocycles. The highest BCUT2D eigenvalue weighted by molar-refractivity contribution is 6.76. The zero-order valence-electron chi connectivity index (χ0n) is 5.57. The molecule has 0 fully saturated rings. The van der Waals surface area contributed by atoms with E-state index >= 15 is 0 Å². The third kappa shape index (κ3) is 0.832. The highest BCUT2D eigenvalue weighted by Gasteiger charge is 2.24. The standard InChI is InChI=1S/C7H4N2O2/c10-5-2-1-4-7(5)9-6(11)3-8-4/h1-2H,3H2. The minimum Gasteiger partial charge on any atom is -0.287 e. The lowest BCUT2D eigenvalue weighted by Crippen LogP contribution is -2.23. The first-order valence-electron chi connectivity index (χ1n) is 3.16. The summed E-state index contributed by atoms with van der Waals surface area (Å²) < 4.78 is 0. The lowest BCUT2D eigenvalue weighted by Gasteiger charge is -2.01. The molecule has 2 rings (SSSR count). The molecule has 0 unspecified atom stereocenters. The van der Waals surface area contributed by atoms with Crippen molar-refractivity contribution >= 4 is 23.1 Å². The van der Waals surface area contributed by atoms with E-state index in [2.05, 4.69) is 9.98 Å². The smallest absolute Gasteiger partial charge is 0.268 e. The summed E-state index contributed by atoms with van der Waals surface area (Å²) in [7, 11) is 0. The first kappa shape index (κ1) is 6.15. The van der Waals surface area contributed by atoms with Crippen LogP contribution in [0.15, 0.2) is 22.1 Å². The van der Waals surface area contributed by atoms with Crippen LogP contribution in [0.1, 0.15) is 0 Å². The predicted molar refractivity (Wildman–Crippen MR) is 38.9 cm³/mol. The van der Waals surface area contributed by atoms with Gasteiger partial charge in [0.15, 0.2) is 0 Å². The van der Waals surface area contributed by atoms with Gasteiger partial charge in [-0.15, -0.1) is 0 Å². The number of hydrogen-bond acceptors (Lipinski definition) is 3. The van der Waals surface area contributed by atoms with Crippen LogP contribution in [0.2, 0.25) is 0 Å². The fraction of sp³-hybridized carbons (Fsp3) is 0.143. The van der Waals surface area contributed by atoms with Crippen molar-refractivity contribution in [3.8, 4) is 0 Å². The van der Waals surface area contributed by atoms with Crippen molar-refractivity contribution in [3.63, 3.8) is 0 Å². The molecular weight excluding hydrogens is 144 g/mol. The van der Waals surface area contributed by atoms with Crippen LogP contribution in [0, 0.1) is 0 Å². The molecule has 0 N–H and O–H groups in total. The Morgan fingerprint density at radius 1 is 1.27 bits per heavy atom. The number of ketones is 1. The SMILES string of the molecule is O=C1CN=C2C=CC(=O)C2=N1. The quantitative estimate of drug-likeness (QED) is 0.467. The number of hydrogen-bond donors (Lipinski definition) is 0. The summed E-state index contributed by atoms with van der Waals surface area (Å²) >= 11 is 0. The maximum atomic E-state index is 10.9. The van der Waals surface area contributed by atoms with Crippen LogP contribution in [0.25, 0.3) is 0 Å². The molecule has 0 radical (unpaired) electrons. The largest absolute Gasteiger partial charge is 0.287 e. The van der Waals surface area contributed by atoms with Crippen molar-refractivity contribution in [2.75, 3.05) is 6.54 Å². The van der Waals surface area contributed by atoms with Crippen LogP contribution in [-0.4, -0.2) is 29.7 Å². The zero-order valence-corrected chi connectivity index (χ0v) is 5.57. The summed E-state index contributed by atoms with van der Waals surface area (Å²) in [5, 5.41) is 0. The Bertz CT molecular complexity index is 336. The monoisotopic (exact) mass is 148 g/mol. The van der Waals surface area contributed by atoms with Gasteiger partial charge in [-0.1, -0.05) is 0 Å². The van der Waals surface area contributed by atoms with Gasteiger partial charge >= 0.3 is 0 Å². The van der Waals surface area contributed by atoms with Crippen molar-refractivity contribution < 1.29 is 9.59 Å². The molecule has 0 saturated carbocycles. The molecule has 0 bridgehead atoms. The Labute approximate surface area is 62.3 Å². The van der Waals surface area contributed by atoms with E-state index in [1.165, 1.54) is 6.08 Å². The van der Waals surface area contributed by atoms with Crippen LogP contribution in [-0.2, 0) is 9.59 Å². The van der Waals surface area contributed by atoms with Crippen LogP contribution < -0.4 is 0 Å². The van der Waals surface area contributed by atoms with E-state index < -0.39 is 0 Å². The highest BCUT2D eigenvalue weighted by Crippen LogP contribution is 2.05. The van der Waals surface area contributed by atoms with Crippen LogP contribution in [0.3, 0.4) is 0 Å². The van der Waals surface area contributed by atoms with Crippen molar-refractivity contribution in [3.05, 3.63) is 12.2 Å². The molecule has 4 nitrogen and oxygen atoms in total. The average molecular weight is 148 g/mol. The second kappa shape index (κ2) is 1.95. The fourth-order valence-corrected chi connectivity index (χ4v) is 0.992. The average Bonchev–Trinajstić information content (AvgIpc) is 2.33. The third-order valence-corrected chi connectivity index (χ3v) is 1.49. The molecule has 1 heterocycles. The molecule has 0 spiro atoms. The molecule has 0 atom stereocenters. The third-order valence-electron chi connectivity index (χ3n) is 1.49. The molecule has 11 heavy (non-hydrogen) atoms. The Morgan fingerprint density at radius 3 is 2.91 bits per heavy atom. The number of carbonyl (C=O) groups excluding carboxylic acids is 2. The van der Waals surface area contributed by atoms with E-state index in [0.717, 1.165) is 0 Å². The van der Waals surface area contributed by atoms with Gasteiger partial charge in [0.2, 0.25) is 5.78 Å². The van der Waals surface area contributed by atoms with Gasteiger partial charge in [0.05, 0.1) is 5.71 Å². The first-order chi connectivity index (χ1) is 5.27. The van der Waals surface area contributed by atoms with Crippen molar-refractivity contribution in [1.82, 2.24) is 0 Å². The van der Waals surface area contributed by atoms with Gasteiger partial charge in [0.1, 0.15) is 12.3 Å². The number of amides is 1. The zero-order chi connectivity index (χ0) is 7.84. The van der Waals surface area contributed by atoms with Gasteiger partial charge in [0.25, 0.3) is 5.91 Å². The van der Waals surface area contributed by atoms with E-state index in [1.54, 1.807) is 6.08 Å². The Balaban J connectivity index is 2.50. The van der Waals surface area contributed by atoms with E-state index in [0.29, 0.717) is 5.71 Å². The van der Waals surface area contributed by atoms with E-state index in [4.69, 9.17) is 0 Å².